The van der Waals surface area contributed by atoms with E-state index in [2.05, 4.69) is 25.8 Å². The Morgan fingerprint density at radius 2 is 2.17 bits per heavy atom. The number of nitrogen functional groups attached to an aromatic ring is 1. The third-order valence-electron chi connectivity index (χ3n) is 5.39. The van der Waals surface area contributed by atoms with Crippen LogP contribution in [0.15, 0.2) is 47.4 Å². The molecule has 5 rings (SSSR count). The quantitative estimate of drug-likeness (QED) is 0.366. The van der Waals surface area contributed by atoms with Gasteiger partial charge in [0.1, 0.15) is 0 Å². The van der Waals surface area contributed by atoms with Gasteiger partial charge in [0.2, 0.25) is 0 Å². The highest BCUT2D eigenvalue weighted by atomic mass is 19.1. The molecule has 1 saturated heterocycles. The maximum absolute atomic E-state index is 14.8. The summed E-state index contributed by atoms with van der Waals surface area (Å²) in [6.45, 7) is 1.59. The van der Waals surface area contributed by atoms with E-state index in [1.165, 1.54) is 29.2 Å². The Labute approximate surface area is 196 Å². The van der Waals surface area contributed by atoms with E-state index in [0.717, 1.165) is 11.1 Å². The van der Waals surface area contributed by atoms with Crippen molar-refractivity contribution in [3.63, 3.8) is 0 Å². The number of nitrogens with zero attached hydrogens (tertiary/aromatic N) is 6. The number of hydrogen-bond donors (Lipinski definition) is 3. The molecule has 1 aliphatic rings. The minimum Gasteiger partial charge on any atom is -0.380 e. The van der Waals surface area contributed by atoms with Gasteiger partial charge in [-0.2, -0.15) is 10.2 Å². The van der Waals surface area contributed by atoms with Gasteiger partial charge in [-0.3, -0.25) is 14.5 Å². The van der Waals surface area contributed by atoms with Gasteiger partial charge in [0.25, 0.3) is 11.8 Å². The summed E-state index contributed by atoms with van der Waals surface area (Å²) in [5.41, 5.74) is 6.72. The molecule has 0 radical (unpaired) electrons. The van der Waals surface area contributed by atoms with E-state index in [0.29, 0.717) is 16.7 Å². The van der Waals surface area contributed by atoms with E-state index in [4.69, 9.17) is 15.0 Å². The number of ether oxygens (including phenoxy) is 1. The lowest BCUT2D eigenvalue weighted by Gasteiger charge is -2.36. The second-order valence-corrected chi connectivity index (χ2v) is 7.87. The number of nitrogens with two attached hydrogens (primary N) is 1. The zero-order valence-corrected chi connectivity index (χ0v) is 18.2. The van der Waals surface area contributed by atoms with Crippen molar-refractivity contribution in [3.05, 3.63) is 48.7 Å². The smallest absolute Gasteiger partial charge is 0.260 e. The molecule has 4 N–H and O–H groups in total. The van der Waals surface area contributed by atoms with Crippen molar-refractivity contribution in [2.24, 2.45) is 0 Å². The predicted octanol–water partition coefficient (Wildman–Crippen LogP) is 0.645. The largest absolute Gasteiger partial charge is 0.380 e. The van der Waals surface area contributed by atoms with Crippen LogP contribution in [0.3, 0.4) is 0 Å². The Morgan fingerprint density at radius 3 is 2.94 bits per heavy atom. The van der Waals surface area contributed by atoms with Crippen LogP contribution < -0.4 is 16.0 Å². The van der Waals surface area contributed by atoms with Crippen molar-refractivity contribution in [2.45, 2.75) is 25.2 Å². The topological polar surface area (TPSA) is 175 Å². The minimum atomic E-state index is -1.89. The van der Waals surface area contributed by atoms with E-state index >= 15 is 0 Å². The van der Waals surface area contributed by atoms with Crippen LogP contribution in [-0.2, 0) is 14.3 Å². The van der Waals surface area contributed by atoms with Gasteiger partial charge in [0.05, 0.1) is 42.3 Å². The van der Waals surface area contributed by atoms with Gasteiger partial charge < -0.3 is 25.4 Å². The fourth-order valence-electron chi connectivity index (χ4n) is 3.72. The van der Waals surface area contributed by atoms with E-state index in [-0.39, 0.29) is 23.9 Å². The number of rotatable bonds is 5. The van der Waals surface area contributed by atoms with E-state index in [1.807, 2.05) is 0 Å². The van der Waals surface area contributed by atoms with E-state index in [1.54, 1.807) is 19.1 Å². The monoisotopic (exact) mass is 482 g/mol. The van der Waals surface area contributed by atoms with Crippen molar-refractivity contribution in [1.82, 2.24) is 25.1 Å². The fraction of sp³-hybridized carbons (Fsp3) is 0.238. The third kappa shape index (κ3) is 4.15. The number of anilines is 3. The summed E-state index contributed by atoms with van der Waals surface area (Å²) in [5.74, 6) is -2.57. The number of carbonyl (C=O) groups is 2. The van der Waals surface area contributed by atoms with Crippen LogP contribution >= 0.6 is 0 Å². The average Bonchev–Trinajstić information content (AvgIpc) is 3.42. The molecule has 1 fully saturated rings. The molecule has 13 nitrogen and oxygen atoms in total. The van der Waals surface area contributed by atoms with Crippen LogP contribution in [0.5, 0.6) is 0 Å². The molecule has 2 amide bonds. The molecule has 0 aliphatic carbocycles. The predicted molar refractivity (Wildman–Crippen MR) is 119 cm³/mol. The number of benzene rings is 1. The van der Waals surface area contributed by atoms with Crippen LogP contribution in [0.25, 0.3) is 16.7 Å². The molecule has 3 aromatic heterocycles. The van der Waals surface area contributed by atoms with Crippen LogP contribution in [0, 0.1) is 5.82 Å². The highest BCUT2D eigenvalue weighted by molar-refractivity contribution is 6.04. The molecule has 3 atom stereocenters. The van der Waals surface area contributed by atoms with Crippen LogP contribution in [0.2, 0.25) is 0 Å². The third-order valence-corrected chi connectivity index (χ3v) is 5.39. The van der Waals surface area contributed by atoms with Gasteiger partial charge in [-0.15, -0.1) is 5.10 Å². The maximum atomic E-state index is 14.8. The highest BCUT2D eigenvalue weighted by Gasteiger charge is 2.43. The second kappa shape index (κ2) is 8.73. The first kappa shape index (κ1) is 22.4. The lowest BCUT2D eigenvalue weighted by Crippen LogP contribution is -2.58. The molecule has 1 aliphatic heterocycles. The first-order valence-electron chi connectivity index (χ1n) is 10.4. The number of carbonyl (C=O) groups excluding carboxylic acids is 2. The van der Waals surface area contributed by atoms with Crippen LogP contribution in [0.1, 0.15) is 6.92 Å². The van der Waals surface area contributed by atoms with E-state index < -0.39 is 35.9 Å². The lowest BCUT2D eigenvalue weighted by atomic mass is 10.1. The number of nitrogens with one attached hydrogen (secondary N) is 1. The molecule has 0 bridgehead atoms. The number of amides is 2. The molecular weight excluding hydrogens is 463 g/mol. The number of morpholine rings is 1. The zero-order chi connectivity index (χ0) is 24.7. The van der Waals surface area contributed by atoms with Gasteiger partial charge in [-0.05, 0) is 25.1 Å². The summed E-state index contributed by atoms with van der Waals surface area (Å²) in [5, 5.41) is 28.9. The Bertz CT molecular complexity index is 1410. The summed E-state index contributed by atoms with van der Waals surface area (Å²) < 4.78 is 26.6. The first-order chi connectivity index (χ1) is 16.8. The Hall–Kier alpha value is -4.43. The van der Waals surface area contributed by atoms with Crippen molar-refractivity contribution >= 4 is 40.1 Å². The molecule has 1 unspecified atom stereocenters. The van der Waals surface area contributed by atoms with Gasteiger partial charge in [0, 0.05) is 11.8 Å². The van der Waals surface area contributed by atoms with Crippen molar-refractivity contribution in [1.29, 1.82) is 0 Å². The number of hydrogen-bond acceptors (Lipinski definition) is 10. The number of halogens is 1. The number of aliphatic hydroxyl groups excluding tert-OH is 1. The molecule has 180 valence electrons. The zero-order valence-electron chi connectivity index (χ0n) is 18.2. The molecule has 0 saturated carbocycles. The summed E-state index contributed by atoms with van der Waals surface area (Å²) in [4.78, 5) is 26.9. The normalized spacial score (nSPS) is 19.2. The lowest BCUT2D eigenvalue weighted by molar-refractivity contribution is -0.156. The molecule has 14 heteroatoms. The van der Waals surface area contributed by atoms with Crippen molar-refractivity contribution < 1.29 is 28.3 Å². The van der Waals surface area contributed by atoms with Crippen LogP contribution in [-0.4, -0.2) is 66.9 Å². The summed E-state index contributed by atoms with van der Waals surface area (Å²) in [6, 6.07) is 6.16. The summed E-state index contributed by atoms with van der Waals surface area (Å²) in [7, 11) is 0. The van der Waals surface area contributed by atoms with Crippen molar-refractivity contribution in [2.75, 3.05) is 22.5 Å². The number of aliphatic hydroxyl groups is 1. The maximum Gasteiger partial charge on any atom is 0.260 e. The first-order valence-corrected chi connectivity index (χ1v) is 10.4. The SMILES string of the molecule is C[C@@H]1CN(c2nn(-c3ccnnc3)cc2F)C(=O)[C@@H](C(O)C(=O)Nc2ccc3c(N)noc3c2)O1. The molecule has 4 aromatic rings. The van der Waals surface area contributed by atoms with Gasteiger partial charge in [0.15, 0.2) is 35.2 Å². The Morgan fingerprint density at radius 1 is 1.34 bits per heavy atom. The molecule has 1 aromatic carbocycles. The standard InChI is InChI=1S/C21H19FN8O5/c1-10-8-29(19-14(22)9-30(27-19)12-4-5-24-25-7-12)21(33)17(34-10)16(31)20(32)26-11-2-3-13-15(6-11)35-28-18(13)23/h2-7,9-10,16-17,31H,8H2,1H3,(H2,23,28)(H,26,32)/t10-,16?,17-/m1/s1. The Balaban J connectivity index is 1.35. The van der Waals surface area contributed by atoms with Gasteiger partial charge >= 0.3 is 0 Å². The number of aromatic nitrogens is 5. The van der Waals surface area contributed by atoms with Crippen LogP contribution in [0.4, 0.5) is 21.7 Å². The Kier molecular flexibility index (Phi) is 5.58. The summed E-state index contributed by atoms with van der Waals surface area (Å²) >= 11 is 0. The second-order valence-electron chi connectivity index (χ2n) is 7.87. The molecule has 0 spiro atoms. The highest BCUT2D eigenvalue weighted by Crippen LogP contribution is 2.27. The summed E-state index contributed by atoms with van der Waals surface area (Å²) in [6.07, 6.45) is -0.225. The fourth-order valence-corrected chi connectivity index (χ4v) is 3.72. The number of fused-ring (bicyclic) bond motifs is 1. The molecular formula is C21H19FN8O5. The molecule has 4 heterocycles. The average molecular weight is 482 g/mol. The van der Waals surface area contributed by atoms with Gasteiger partial charge in [-0.25, -0.2) is 9.07 Å². The molecule has 35 heavy (non-hydrogen) atoms. The van der Waals surface area contributed by atoms with Crippen molar-refractivity contribution in [3.8, 4) is 5.69 Å². The van der Waals surface area contributed by atoms with Gasteiger partial charge in [-0.1, -0.05) is 5.16 Å². The van der Waals surface area contributed by atoms with E-state index in [9.17, 15) is 19.1 Å². The minimum absolute atomic E-state index is 0.0320.